The minimum atomic E-state index is 1.11. The van der Waals surface area contributed by atoms with Gasteiger partial charge in [-0.15, -0.1) is 0 Å². The predicted octanol–water partition coefficient (Wildman–Crippen LogP) is 7.19. The van der Waals surface area contributed by atoms with E-state index in [1.165, 1.54) is 33.0 Å². The molecule has 0 atom stereocenters. The molecule has 0 aromatic heterocycles. The van der Waals surface area contributed by atoms with Crippen LogP contribution in [-0.2, 0) is 0 Å². The molecule has 0 nitrogen and oxygen atoms in total. The van der Waals surface area contributed by atoms with Crippen LogP contribution in [0.1, 0.15) is 16.7 Å². The fourth-order valence-corrected chi connectivity index (χ4v) is 3.44. The molecule has 0 saturated heterocycles. The van der Waals surface area contributed by atoms with Gasteiger partial charge in [0, 0.05) is 4.47 Å². The van der Waals surface area contributed by atoms with Gasteiger partial charge in [-0.25, -0.2) is 0 Å². The van der Waals surface area contributed by atoms with Crippen molar-refractivity contribution in [3.8, 4) is 0 Å². The highest BCUT2D eigenvalue weighted by Gasteiger charge is 2.05. The topological polar surface area (TPSA) is 0 Å². The molecule has 0 bridgehead atoms. The first kappa shape index (κ1) is 15.9. The van der Waals surface area contributed by atoms with Crippen LogP contribution in [0.5, 0.6) is 0 Å². The van der Waals surface area contributed by atoms with Crippen LogP contribution < -0.4 is 0 Å². The van der Waals surface area contributed by atoms with Crippen molar-refractivity contribution in [1.29, 1.82) is 0 Å². The molecule has 0 aliphatic rings. The summed E-state index contributed by atoms with van der Waals surface area (Å²) < 4.78 is 1.11. The summed E-state index contributed by atoms with van der Waals surface area (Å²) in [5.74, 6) is 0. The van der Waals surface area contributed by atoms with Gasteiger partial charge in [0.25, 0.3) is 0 Å². The number of hydrogen-bond donors (Lipinski definition) is 0. The molecule has 4 aromatic carbocycles. The van der Waals surface area contributed by atoms with Gasteiger partial charge in [-0.2, -0.15) is 0 Å². The average molecular weight is 385 g/mol. The first-order valence-electron chi connectivity index (χ1n) is 8.31. The van der Waals surface area contributed by atoms with Gasteiger partial charge < -0.3 is 0 Å². The average Bonchev–Trinajstić information content (AvgIpc) is 2.67. The Morgan fingerprint density at radius 2 is 1.16 bits per heavy atom. The first-order chi connectivity index (χ1) is 12.3. The molecule has 4 aromatic rings. The smallest absolute Gasteiger partial charge is 0.0181 e. The Bertz CT molecular complexity index is 990. The Balaban J connectivity index is 1.86. The molecule has 4 rings (SSSR count). The van der Waals surface area contributed by atoms with Gasteiger partial charge in [-0.05, 0) is 57.3 Å². The van der Waals surface area contributed by atoms with E-state index < -0.39 is 0 Å². The van der Waals surface area contributed by atoms with Gasteiger partial charge >= 0.3 is 0 Å². The van der Waals surface area contributed by atoms with Crippen molar-refractivity contribution >= 4 is 38.4 Å². The van der Waals surface area contributed by atoms with Crippen molar-refractivity contribution in [2.24, 2.45) is 0 Å². The normalized spacial score (nSPS) is 10.6. The van der Waals surface area contributed by atoms with Gasteiger partial charge in [0.05, 0.1) is 0 Å². The van der Waals surface area contributed by atoms with Gasteiger partial charge in [0.1, 0.15) is 0 Å². The molecular weight excluding hydrogens is 368 g/mol. The van der Waals surface area contributed by atoms with Crippen molar-refractivity contribution in [3.05, 3.63) is 118 Å². The van der Waals surface area contributed by atoms with Crippen LogP contribution in [-0.4, -0.2) is 0 Å². The summed E-state index contributed by atoms with van der Waals surface area (Å²) in [4.78, 5) is 0. The van der Waals surface area contributed by atoms with E-state index in [1.54, 1.807) is 0 Å². The molecule has 0 N–H and O–H groups in total. The van der Waals surface area contributed by atoms with E-state index in [-0.39, 0.29) is 0 Å². The van der Waals surface area contributed by atoms with E-state index >= 15 is 0 Å². The minimum Gasteiger partial charge on any atom is -0.0622 e. The Hall–Kier alpha value is -2.64. The van der Waals surface area contributed by atoms with Crippen molar-refractivity contribution in [1.82, 2.24) is 0 Å². The SMILES string of the molecule is Brc1ccc2cc(C=C(c3ccccc3)c3ccccc3)ccc2c1. The molecule has 25 heavy (non-hydrogen) atoms. The lowest BCUT2D eigenvalue weighted by Crippen LogP contribution is -1.88. The predicted molar refractivity (Wildman–Crippen MR) is 112 cm³/mol. The van der Waals surface area contributed by atoms with E-state index in [9.17, 15) is 0 Å². The second-order valence-electron chi connectivity index (χ2n) is 6.04. The molecule has 0 radical (unpaired) electrons. The molecule has 0 saturated carbocycles. The molecular formula is C24H17Br. The lowest BCUT2D eigenvalue weighted by molar-refractivity contribution is 1.55. The molecule has 0 fully saturated rings. The number of halogens is 1. The summed E-state index contributed by atoms with van der Waals surface area (Å²) in [5, 5.41) is 2.49. The van der Waals surface area contributed by atoms with Crippen molar-refractivity contribution in [2.75, 3.05) is 0 Å². The molecule has 0 amide bonds. The lowest BCUT2D eigenvalue weighted by Gasteiger charge is -2.09. The maximum Gasteiger partial charge on any atom is 0.0181 e. The summed E-state index contributed by atoms with van der Waals surface area (Å²) >= 11 is 3.54. The number of benzene rings is 4. The third-order valence-electron chi connectivity index (χ3n) is 4.31. The fraction of sp³-hybridized carbons (Fsp3) is 0. The summed E-state index contributed by atoms with van der Waals surface area (Å²) in [6, 6.07) is 34.1. The second-order valence-corrected chi connectivity index (χ2v) is 6.96. The number of fused-ring (bicyclic) bond motifs is 1. The van der Waals surface area contributed by atoms with Crippen molar-refractivity contribution in [2.45, 2.75) is 0 Å². The lowest BCUT2D eigenvalue weighted by atomic mass is 9.95. The monoisotopic (exact) mass is 384 g/mol. The van der Waals surface area contributed by atoms with Crippen molar-refractivity contribution in [3.63, 3.8) is 0 Å². The zero-order chi connectivity index (χ0) is 17.1. The highest BCUT2D eigenvalue weighted by atomic mass is 79.9. The first-order valence-corrected chi connectivity index (χ1v) is 9.11. The Morgan fingerprint density at radius 1 is 0.600 bits per heavy atom. The molecule has 120 valence electrons. The molecule has 0 aliphatic carbocycles. The molecule has 1 heteroatoms. The molecule has 0 aliphatic heterocycles. The van der Waals surface area contributed by atoms with Crippen LogP contribution in [0.4, 0.5) is 0 Å². The second kappa shape index (κ2) is 7.08. The Morgan fingerprint density at radius 3 is 1.80 bits per heavy atom. The van der Waals surface area contributed by atoms with Gasteiger partial charge in [0.2, 0.25) is 0 Å². The summed E-state index contributed by atoms with van der Waals surface area (Å²) in [6.45, 7) is 0. The van der Waals surface area contributed by atoms with Gasteiger partial charge in [-0.1, -0.05) is 94.8 Å². The standard InChI is InChI=1S/C24H17Br/c25-23-14-13-21-15-18(11-12-22(21)17-23)16-24(19-7-3-1-4-8-19)20-9-5-2-6-10-20/h1-17H. The van der Waals surface area contributed by atoms with Crippen LogP contribution >= 0.6 is 15.9 Å². The fourth-order valence-electron chi connectivity index (χ4n) is 3.06. The van der Waals surface area contributed by atoms with Crippen LogP contribution in [0.15, 0.2) is 102 Å². The van der Waals surface area contributed by atoms with Gasteiger partial charge in [-0.3, -0.25) is 0 Å². The van der Waals surface area contributed by atoms with Crippen LogP contribution in [0.3, 0.4) is 0 Å². The summed E-state index contributed by atoms with van der Waals surface area (Å²) in [7, 11) is 0. The number of rotatable bonds is 3. The minimum absolute atomic E-state index is 1.11. The number of hydrogen-bond acceptors (Lipinski definition) is 0. The molecule has 0 unspecified atom stereocenters. The molecule has 0 spiro atoms. The Labute approximate surface area is 156 Å². The maximum atomic E-state index is 3.54. The van der Waals surface area contributed by atoms with Gasteiger partial charge in [0.15, 0.2) is 0 Å². The van der Waals surface area contributed by atoms with E-state index in [0.29, 0.717) is 0 Å². The Kier molecular flexibility index (Phi) is 4.49. The summed E-state index contributed by atoms with van der Waals surface area (Å²) in [5.41, 5.74) is 4.89. The summed E-state index contributed by atoms with van der Waals surface area (Å²) in [6.07, 6.45) is 2.27. The quantitative estimate of drug-likeness (QED) is 0.327. The third-order valence-corrected chi connectivity index (χ3v) is 4.80. The van der Waals surface area contributed by atoms with Crippen molar-refractivity contribution < 1.29 is 0 Å². The highest BCUT2D eigenvalue weighted by Crippen LogP contribution is 2.28. The maximum absolute atomic E-state index is 3.54. The van der Waals surface area contributed by atoms with E-state index in [2.05, 4.69) is 119 Å². The third kappa shape index (κ3) is 3.57. The zero-order valence-corrected chi connectivity index (χ0v) is 15.3. The van der Waals surface area contributed by atoms with Crippen LogP contribution in [0.2, 0.25) is 0 Å². The molecule has 0 heterocycles. The van der Waals surface area contributed by atoms with Crippen LogP contribution in [0, 0.1) is 0 Å². The largest absolute Gasteiger partial charge is 0.0622 e. The zero-order valence-electron chi connectivity index (χ0n) is 13.7. The highest BCUT2D eigenvalue weighted by molar-refractivity contribution is 9.10. The van der Waals surface area contributed by atoms with E-state index in [1.807, 2.05) is 0 Å². The van der Waals surface area contributed by atoms with E-state index in [0.717, 1.165) is 4.47 Å². The van der Waals surface area contributed by atoms with E-state index in [4.69, 9.17) is 0 Å². The van der Waals surface area contributed by atoms with Crippen LogP contribution in [0.25, 0.3) is 22.4 Å².